The van der Waals surface area contributed by atoms with Gasteiger partial charge in [-0.05, 0) is 58.3 Å². The fourth-order valence-corrected chi connectivity index (χ4v) is 16.6. The molecule has 6 heterocycles. The number of H-pyrrole nitrogens is 2. The number of carbonyl (C=O) groups is 18. The van der Waals surface area contributed by atoms with E-state index in [4.69, 9.17) is 17.2 Å². The van der Waals surface area contributed by atoms with Crippen molar-refractivity contribution in [3.8, 4) is 0 Å². The lowest BCUT2D eigenvalue weighted by Crippen LogP contribution is -2.63. The molecule has 0 radical (unpaired) electrons. The maximum absolute atomic E-state index is 14.8. The maximum Gasteiger partial charge on any atom is 0.303 e. The average molecular weight is 1650 g/mol. The first-order chi connectivity index (χ1) is 53.1. The summed E-state index contributed by atoms with van der Waals surface area (Å²) >= 11 is 0. The van der Waals surface area contributed by atoms with Crippen LogP contribution >= 0.6 is 43.2 Å². The third-order valence-corrected chi connectivity index (χ3v) is 22.7. The van der Waals surface area contributed by atoms with Gasteiger partial charge >= 0.3 is 5.97 Å². The molecule has 2 aromatic heterocycles. The Labute approximate surface area is 656 Å². The van der Waals surface area contributed by atoms with E-state index in [1.54, 1.807) is 13.8 Å². The predicted molar refractivity (Wildman–Crippen MR) is 399 cm³/mol. The Hall–Kier alpha value is -9.88. The van der Waals surface area contributed by atoms with Crippen LogP contribution in [0, 0.1) is 5.92 Å². The molecule has 4 aliphatic rings. The Morgan fingerprint density at radius 2 is 0.982 bits per heavy atom. The number of aliphatic hydroxyl groups is 3. The van der Waals surface area contributed by atoms with E-state index in [1.165, 1.54) is 32.0 Å². The molecule has 17 amide bonds. The van der Waals surface area contributed by atoms with Gasteiger partial charge in [-0.15, -0.1) is 0 Å². The lowest BCUT2D eigenvalue weighted by molar-refractivity contribution is -0.143. The average Bonchev–Trinajstić information content (AvgIpc) is 1.65. The van der Waals surface area contributed by atoms with Crippen molar-refractivity contribution in [3.63, 3.8) is 0 Å². The number of amides is 17. The molecule has 25 N–H and O–H groups in total. The maximum atomic E-state index is 14.8. The van der Waals surface area contributed by atoms with Crippen molar-refractivity contribution in [2.24, 2.45) is 23.1 Å². The highest BCUT2D eigenvalue weighted by molar-refractivity contribution is 8.77. The van der Waals surface area contributed by atoms with Crippen molar-refractivity contribution < 1.29 is 107 Å². The molecule has 4 aliphatic heterocycles. The van der Waals surface area contributed by atoms with Crippen LogP contribution in [0.3, 0.4) is 0 Å². The molecule has 6 rings (SSSR count). The summed E-state index contributed by atoms with van der Waals surface area (Å²) in [6.45, 7) is 2.24. The number of fused-ring (bicyclic) bond motifs is 10. The Morgan fingerprint density at radius 1 is 0.536 bits per heavy atom. The SMILES string of the molecule is CC(C)C[C@@H]1NC(=O)[C@H](CCC(=O)O)NC(=O)[C@@H]2CCCN2C(=O)[C@H](Cc2cnc[nH]2)NC(=O)[C@H](CC(N)=O)NC(=O)[C@H]([C@@H](C)O)NC(=O)[C@H](CO)NC(=O)[C@@H]2CSSC[C@H](NC(=O)CN)C(=O)N[C@@H](CSSC[C@@H](C(N)=O)NC1=O)C(=O)N[C@@H](CO)C(=O)N[C@@H](Cc1cnc[nH]1)C(=O)N1CCC[C@H]1C(=O)N[C@@H](C)C(=O)N2. The summed E-state index contributed by atoms with van der Waals surface area (Å²) in [6.07, 6.45) is 0.373. The summed E-state index contributed by atoms with van der Waals surface area (Å²) in [5.74, 6) is -22.5. The summed E-state index contributed by atoms with van der Waals surface area (Å²) in [5, 5.41) is 73.5. The van der Waals surface area contributed by atoms with Crippen molar-refractivity contribution >= 4 is 150 Å². The van der Waals surface area contributed by atoms with Gasteiger partial charge in [0, 0.05) is 79.1 Å². The van der Waals surface area contributed by atoms with E-state index in [1.807, 2.05) is 0 Å². The molecule has 0 saturated carbocycles. The highest BCUT2D eigenvalue weighted by Crippen LogP contribution is 2.27. The number of aliphatic hydroxyl groups excluding tert-OH is 3. The molecule has 112 heavy (non-hydrogen) atoms. The van der Waals surface area contributed by atoms with Gasteiger partial charge in [-0.25, -0.2) is 9.97 Å². The van der Waals surface area contributed by atoms with Gasteiger partial charge in [0.25, 0.3) is 0 Å². The topological polar surface area (TPSA) is 686 Å². The summed E-state index contributed by atoms with van der Waals surface area (Å²) in [4.78, 5) is 269. The summed E-state index contributed by atoms with van der Waals surface area (Å²) in [6, 6.07) is -25.6. The first kappa shape index (κ1) is 91.0. The molecule has 4 saturated heterocycles. The number of nitrogens with zero attached hydrogens (tertiary/aromatic N) is 4. The molecule has 618 valence electrons. The number of primary amides is 2. The van der Waals surface area contributed by atoms with Crippen LogP contribution in [0.15, 0.2) is 25.0 Å². The number of aromatic nitrogens is 4. The van der Waals surface area contributed by atoms with Crippen LogP contribution in [0.5, 0.6) is 0 Å². The van der Waals surface area contributed by atoms with Crippen LogP contribution in [-0.2, 0) is 99.1 Å². The zero-order chi connectivity index (χ0) is 82.6. The van der Waals surface area contributed by atoms with Crippen molar-refractivity contribution in [2.45, 2.75) is 189 Å². The number of nitrogens with one attached hydrogen (secondary N) is 15. The lowest BCUT2D eigenvalue weighted by Gasteiger charge is -2.31. The Kier molecular flexibility index (Phi) is 36.1. The van der Waals surface area contributed by atoms with Crippen LogP contribution < -0.4 is 86.3 Å². The van der Waals surface area contributed by atoms with E-state index in [-0.39, 0.29) is 63.0 Å². The monoisotopic (exact) mass is 1650 g/mol. The predicted octanol–water partition coefficient (Wildman–Crippen LogP) is -10.4. The minimum absolute atomic E-state index is 0.0277. The number of hydrogen-bond acceptors (Lipinski definition) is 28. The fourth-order valence-electron chi connectivity index (χ4n) is 11.9. The highest BCUT2D eigenvalue weighted by atomic mass is 33.1. The van der Waals surface area contributed by atoms with E-state index in [9.17, 15) is 107 Å². The molecule has 2 aromatic rings. The molecule has 0 aliphatic carbocycles. The largest absolute Gasteiger partial charge is 0.481 e. The molecule has 4 fully saturated rings. The minimum Gasteiger partial charge on any atom is -0.481 e. The number of aromatic amines is 2. The molecular weight excluding hydrogens is 1560 g/mol. The fraction of sp³-hybridized carbons (Fsp3) is 0.625. The van der Waals surface area contributed by atoms with E-state index < -0.39 is 277 Å². The van der Waals surface area contributed by atoms with Crippen molar-refractivity contribution in [1.82, 2.24) is 98.9 Å². The quantitative estimate of drug-likeness (QED) is 0.0654. The van der Waals surface area contributed by atoms with Gasteiger partial charge in [-0.1, -0.05) is 57.0 Å². The number of aliphatic carboxylic acids is 1. The summed E-state index contributed by atoms with van der Waals surface area (Å²) < 4.78 is 0. The number of imidazole rings is 2. The highest BCUT2D eigenvalue weighted by Gasteiger charge is 2.44. The number of carbonyl (C=O) groups excluding carboxylic acids is 17. The zero-order valence-corrected chi connectivity index (χ0v) is 64.6. The second kappa shape index (κ2) is 44.4. The first-order valence-corrected chi connectivity index (χ1v) is 40.5. The molecule has 0 spiro atoms. The Morgan fingerprint density at radius 3 is 1.46 bits per heavy atom. The van der Waals surface area contributed by atoms with Gasteiger partial charge in [-0.2, -0.15) is 0 Å². The molecule has 16 atom stereocenters. The third kappa shape index (κ3) is 27.5. The molecule has 44 nitrogen and oxygen atoms in total. The van der Waals surface area contributed by atoms with E-state index in [2.05, 4.69) is 89.1 Å². The Bertz CT molecular complexity index is 3720. The van der Waals surface area contributed by atoms with Gasteiger partial charge in [0.05, 0.1) is 44.9 Å². The van der Waals surface area contributed by atoms with Crippen molar-refractivity contribution in [3.05, 3.63) is 36.4 Å². The van der Waals surface area contributed by atoms with Gasteiger partial charge in [-0.3, -0.25) is 86.3 Å². The minimum atomic E-state index is -2.11. The zero-order valence-electron chi connectivity index (χ0n) is 61.4. The molecule has 0 unspecified atom stereocenters. The number of hydrogen-bond donors (Lipinski definition) is 22. The van der Waals surface area contributed by atoms with Crippen LogP contribution in [0.1, 0.15) is 90.4 Å². The smallest absolute Gasteiger partial charge is 0.303 e. The van der Waals surface area contributed by atoms with Gasteiger partial charge in [0.15, 0.2) is 0 Å². The number of carboxylic acid groups (broad SMARTS) is 1. The third-order valence-electron chi connectivity index (χ3n) is 17.8. The number of carboxylic acids is 1. The second-order valence-corrected chi connectivity index (χ2v) is 32.1. The summed E-state index contributed by atoms with van der Waals surface area (Å²) in [7, 11) is 3.10. The van der Waals surface area contributed by atoms with Crippen LogP contribution in [0.2, 0.25) is 0 Å². The van der Waals surface area contributed by atoms with Gasteiger partial charge in [0.1, 0.15) is 90.6 Å². The van der Waals surface area contributed by atoms with E-state index >= 15 is 0 Å². The van der Waals surface area contributed by atoms with Gasteiger partial charge in [0.2, 0.25) is 100 Å². The van der Waals surface area contributed by atoms with Crippen molar-refractivity contribution in [2.75, 3.05) is 55.9 Å². The standard InChI is InChI=1S/C64H96N22O22S4/c1-28(2)13-34-53(97)81-40(50(67)94)22-109-111-25-43-59(103)79-38(20-87)55(99)78-37(15-32-19-69-27-71-32)64(108)85-11-5-7-44(85)60(104)72-29(3)51(95)82-42(24-112-110-23-41(57(101)83-43)73-47(91)17-65)58(102)80-39(21-88)56(100)84-49(30(4)89)62(106)76-35(16-46(66)90)54(98)77-36(14-31-18-68-26-70-31)63(107)86-12-6-8-45(86)61(105)74-33(52(96)75-34)9-10-48(92)93/h18-19,26-30,33-45,49,87-89H,5-17,20-25,65H2,1-4H3,(H2,66,90)(H2,67,94)(H,68,70)(H,69,71)(H,72,104)(H,73,91)(H,74,105)(H,75,96)(H,76,106)(H,77,98)(H,78,99)(H,79,103)(H,80,102)(H,81,97)(H,82,95)(H,83,101)(H,84,100)(H,92,93)/t29-,30+,33-,34-,35-,36-,37-,38-,39-,40-,41-,42-,43-,44-,45-,49-/m0/s1. The van der Waals surface area contributed by atoms with Crippen LogP contribution in [0.4, 0.5) is 0 Å². The van der Waals surface area contributed by atoms with E-state index in [0.717, 1.165) is 59.9 Å². The molecular formula is C64H96N22O22S4. The van der Waals surface area contributed by atoms with Crippen molar-refractivity contribution in [1.29, 1.82) is 0 Å². The normalized spacial score (nSPS) is 28.2. The van der Waals surface area contributed by atoms with E-state index in [0.29, 0.717) is 0 Å². The Balaban J connectivity index is 1.45. The number of rotatable bonds is 17. The molecule has 48 heteroatoms. The van der Waals surface area contributed by atoms with Crippen LogP contribution in [-0.4, -0.2) is 309 Å². The summed E-state index contributed by atoms with van der Waals surface area (Å²) in [5.41, 5.74) is 17.5. The van der Waals surface area contributed by atoms with Crippen LogP contribution in [0.25, 0.3) is 0 Å². The molecule has 0 aromatic carbocycles. The number of nitrogens with two attached hydrogens (primary N) is 3. The first-order valence-electron chi connectivity index (χ1n) is 35.5. The molecule has 2 bridgehead atoms. The van der Waals surface area contributed by atoms with Gasteiger partial charge < -0.3 is 127 Å². The second-order valence-electron chi connectivity index (χ2n) is 27.0. The lowest BCUT2D eigenvalue weighted by atomic mass is 10.0.